The molecule has 0 spiro atoms. The molecule has 0 aromatic heterocycles. The van der Waals surface area contributed by atoms with Gasteiger partial charge in [-0.3, -0.25) is 4.79 Å². The van der Waals surface area contributed by atoms with Crippen molar-refractivity contribution in [1.29, 1.82) is 0 Å². The fourth-order valence-electron chi connectivity index (χ4n) is 1.62. The summed E-state index contributed by atoms with van der Waals surface area (Å²) in [5, 5.41) is 20.0. The highest BCUT2D eigenvalue weighted by atomic mass is 16.4. The van der Waals surface area contributed by atoms with Gasteiger partial charge in [-0.25, -0.2) is 4.79 Å². The van der Waals surface area contributed by atoms with Crippen LogP contribution in [0.25, 0.3) is 16.8 Å². The van der Waals surface area contributed by atoms with Gasteiger partial charge in [-0.05, 0) is 35.1 Å². The van der Waals surface area contributed by atoms with E-state index in [-0.39, 0.29) is 5.75 Å². The Balaban J connectivity index is 2.42. The number of hydrogen-bond donors (Lipinski definition) is 2. The van der Waals surface area contributed by atoms with Crippen molar-refractivity contribution in [1.82, 2.24) is 0 Å². The van der Waals surface area contributed by atoms with Crippen LogP contribution in [-0.2, 0) is 9.59 Å². The number of carboxylic acid groups (broad SMARTS) is 1. The molecule has 0 saturated heterocycles. The number of phenols is 1. The lowest BCUT2D eigenvalue weighted by atomic mass is 10.1. The van der Waals surface area contributed by atoms with E-state index < -0.39 is 11.8 Å². The van der Waals surface area contributed by atoms with E-state index in [1.54, 1.807) is 12.1 Å². The number of carbonyl (C=O) groups is 2. The van der Waals surface area contributed by atoms with E-state index in [1.807, 2.05) is 24.3 Å². The lowest BCUT2D eigenvalue weighted by Gasteiger charge is -2.02. The van der Waals surface area contributed by atoms with Gasteiger partial charge in [0.1, 0.15) is 5.75 Å². The average molecular weight is 242 g/mol. The zero-order valence-electron chi connectivity index (χ0n) is 9.33. The summed E-state index contributed by atoms with van der Waals surface area (Å²) < 4.78 is 0. The molecule has 0 heterocycles. The molecule has 2 aromatic carbocycles. The molecule has 90 valence electrons. The fourth-order valence-corrected chi connectivity index (χ4v) is 1.62. The molecule has 2 N–H and O–H groups in total. The van der Waals surface area contributed by atoms with E-state index in [9.17, 15) is 14.7 Å². The number of phenolic OH excluding ortho intramolecular Hbond substituents is 1. The summed E-state index contributed by atoms with van der Waals surface area (Å²) in [6, 6.07) is 10.7. The summed E-state index contributed by atoms with van der Waals surface area (Å²) in [5.74, 6) is -2.54. The van der Waals surface area contributed by atoms with Gasteiger partial charge < -0.3 is 10.2 Å². The van der Waals surface area contributed by atoms with Crippen molar-refractivity contribution in [2.75, 3.05) is 0 Å². The number of hydrogen-bond acceptors (Lipinski definition) is 3. The summed E-state index contributed by atoms with van der Waals surface area (Å²) in [5.41, 5.74) is 0.406. The summed E-state index contributed by atoms with van der Waals surface area (Å²) in [6.45, 7) is 0. The van der Waals surface area contributed by atoms with Crippen LogP contribution in [0.2, 0.25) is 0 Å². The van der Waals surface area contributed by atoms with E-state index in [0.717, 1.165) is 16.8 Å². The van der Waals surface area contributed by atoms with Gasteiger partial charge >= 0.3 is 5.97 Å². The third-order valence-electron chi connectivity index (χ3n) is 2.52. The van der Waals surface area contributed by atoms with Crippen molar-refractivity contribution in [3.63, 3.8) is 0 Å². The second-order valence-corrected chi connectivity index (χ2v) is 3.76. The van der Waals surface area contributed by atoms with Gasteiger partial charge in [0.25, 0.3) is 5.78 Å². The second-order valence-electron chi connectivity index (χ2n) is 3.76. The summed E-state index contributed by atoms with van der Waals surface area (Å²) in [4.78, 5) is 21.3. The predicted molar refractivity (Wildman–Crippen MR) is 67.3 cm³/mol. The molecule has 0 atom stereocenters. The molecule has 0 aliphatic heterocycles. The number of aliphatic carboxylic acids is 1. The SMILES string of the molecule is O=C(O)C(=O)/C=C/c1cc2ccccc2cc1O. The molecule has 18 heavy (non-hydrogen) atoms. The molecule has 0 saturated carbocycles. The smallest absolute Gasteiger partial charge is 0.376 e. The standard InChI is InChI=1S/C14H10O4/c15-12(14(17)18)6-5-11-7-9-3-1-2-4-10(9)8-13(11)16/h1-8,16H,(H,17,18)/b6-5+. The first-order valence-electron chi connectivity index (χ1n) is 5.25. The Morgan fingerprint density at radius 1 is 1.06 bits per heavy atom. The molecule has 2 rings (SSSR count). The van der Waals surface area contributed by atoms with Gasteiger partial charge in [0, 0.05) is 5.56 Å². The quantitative estimate of drug-likeness (QED) is 0.639. The number of benzene rings is 2. The zero-order valence-corrected chi connectivity index (χ0v) is 9.33. The topological polar surface area (TPSA) is 74.6 Å². The van der Waals surface area contributed by atoms with Crippen molar-refractivity contribution in [2.24, 2.45) is 0 Å². The third kappa shape index (κ3) is 2.38. The number of carboxylic acids is 1. The Morgan fingerprint density at radius 3 is 2.28 bits per heavy atom. The third-order valence-corrected chi connectivity index (χ3v) is 2.52. The van der Waals surface area contributed by atoms with Crippen LogP contribution in [0.4, 0.5) is 0 Å². The maximum atomic E-state index is 10.9. The Kier molecular flexibility index (Phi) is 3.10. The number of ketones is 1. The Labute approximate surface area is 103 Å². The first-order valence-corrected chi connectivity index (χ1v) is 5.25. The van der Waals surface area contributed by atoms with Gasteiger partial charge in [0.2, 0.25) is 0 Å². The number of fused-ring (bicyclic) bond motifs is 1. The number of carbonyl (C=O) groups excluding carboxylic acids is 1. The maximum absolute atomic E-state index is 10.9. The molecule has 0 bridgehead atoms. The summed E-state index contributed by atoms with van der Waals surface area (Å²) in [7, 11) is 0. The first-order chi connectivity index (χ1) is 8.58. The highest BCUT2D eigenvalue weighted by molar-refractivity contribution is 6.38. The molecule has 0 radical (unpaired) electrons. The minimum absolute atomic E-state index is 0.00291. The van der Waals surface area contributed by atoms with E-state index in [2.05, 4.69) is 0 Å². The highest BCUT2D eigenvalue weighted by Crippen LogP contribution is 2.25. The minimum atomic E-state index is -1.52. The van der Waals surface area contributed by atoms with Crippen molar-refractivity contribution in [2.45, 2.75) is 0 Å². The minimum Gasteiger partial charge on any atom is -0.507 e. The molecule has 0 aliphatic carbocycles. The highest BCUT2D eigenvalue weighted by Gasteiger charge is 2.07. The van der Waals surface area contributed by atoms with Crippen molar-refractivity contribution in [3.05, 3.63) is 48.0 Å². The molecule has 4 nitrogen and oxygen atoms in total. The van der Waals surface area contributed by atoms with E-state index in [4.69, 9.17) is 5.11 Å². The van der Waals surface area contributed by atoms with E-state index >= 15 is 0 Å². The largest absolute Gasteiger partial charge is 0.507 e. The van der Waals surface area contributed by atoms with Crippen LogP contribution < -0.4 is 0 Å². The molecule has 0 aliphatic rings. The molecule has 0 fully saturated rings. The van der Waals surface area contributed by atoms with Crippen LogP contribution in [0.1, 0.15) is 5.56 Å². The van der Waals surface area contributed by atoms with Gasteiger partial charge in [-0.2, -0.15) is 0 Å². The molecule has 2 aromatic rings. The average Bonchev–Trinajstić information content (AvgIpc) is 2.35. The van der Waals surface area contributed by atoms with Crippen LogP contribution in [0, 0.1) is 0 Å². The lowest BCUT2D eigenvalue weighted by Crippen LogP contribution is -2.08. The van der Waals surface area contributed by atoms with Gasteiger partial charge in [-0.15, -0.1) is 0 Å². The zero-order chi connectivity index (χ0) is 13.1. The lowest BCUT2D eigenvalue weighted by molar-refractivity contribution is -0.146. The predicted octanol–water partition coefficient (Wildman–Crippen LogP) is 2.21. The van der Waals surface area contributed by atoms with Crippen molar-refractivity contribution >= 4 is 28.6 Å². The van der Waals surface area contributed by atoms with Crippen molar-refractivity contribution in [3.8, 4) is 5.75 Å². The Hall–Kier alpha value is -2.62. The van der Waals surface area contributed by atoms with E-state index in [0.29, 0.717) is 5.56 Å². The first kappa shape index (κ1) is 11.9. The number of rotatable bonds is 3. The van der Waals surface area contributed by atoms with Crippen LogP contribution in [0.15, 0.2) is 42.5 Å². The summed E-state index contributed by atoms with van der Waals surface area (Å²) in [6.07, 6.45) is 2.21. The van der Waals surface area contributed by atoms with Crippen LogP contribution in [0.5, 0.6) is 5.75 Å². The van der Waals surface area contributed by atoms with Gasteiger partial charge in [-0.1, -0.05) is 24.3 Å². The van der Waals surface area contributed by atoms with Crippen molar-refractivity contribution < 1.29 is 19.8 Å². The molecular weight excluding hydrogens is 232 g/mol. The normalized spacial score (nSPS) is 10.9. The van der Waals surface area contributed by atoms with Crippen LogP contribution in [-0.4, -0.2) is 22.0 Å². The van der Waals surface area contributed by atoms with Gasteiger partial charge in [0.05, 0.1) is 0 Å². The maximum Gasteiger partial charge on any atom is 0.376 e. The van der Waals surface area contributed by atoms with Crippen LogP contribution >= 0.6 is 0 Å². The Bertz CT molecular complexity index is 656. The monoisotopic (exact) mass is 242 g/mol. The number of aromatic hydroxyl groups is 1. The van der Waals surface area contributed by atoms with E-state index in [1.165, 1.54) is 6.08 Å². The molecule has 0 unspecified atom stereocenters. The molecular formula is C14H10O4. The molecule has 0 amide bonds. The van der Waals surface area contributed by atoms with Gasteiger partial charge in [0.15, 0.2) is 0 Å². The summed E-state index contributed by atoms with van der Waals surface area (Å²) >= 11 is 0. The van der Waals surface area contributed by atoms with Crippen LogP contribution in [0.3, 0.4) is 0 Å². The Morgan fingerprint density at radius 2 is 1.67 bits per heavy atom. The second kappa shape index (κ2) is 4.71. The molecule has 4 heteroatoms. The fraction of sp³-hybridized carbons (Fsp3) is 0.